The third-order valence-corrected chi connectivity index (χ3v) is 5.50. The Balaban J connectivity index is 2.04. The average molecular weight is 452 g/mol. The second kappa shape index (κ2) is 7.11. The predicted molar refractivity (Wildman–Crippen MR) is 102 cm³/mol. The summed E-state index contributed by atoms with van der Waals surface area (Å²) in [6, 6.07) is 13.3. The largest absolute Gasteiger partial charge is 0.496 e. The van der Waals surface area contributed by atoms with Crippen LogP contribution in [0.4, 0.5) is 0 Å². The summed E-state index contributed by atoms with van der Waals surface area (Å²) in [5, 5.41) is 0.858. The first-order chi connectivity index (χ1) is 11.6. The van der Waals surface area contributed by atoms with E-state index in [1.54, 1.807) is 7.11 Å². The van der Waals surface area contributed by atoms with Gasteiger partial charge >= 0.3 is 0 Å². The second-order valence-electron chi connectivity index (χ2n) is 5.37. The normalized spacial score (nSPS) is 12.3. The molecular formula is C19H16Br2O3. The van der Waals surface area contributed by atoms with Crippen molar-refractivity contribution in [3.8, 4) is 5.75 Å². The Kier molecular flexibility index (Phi) is 5.11. The van der Waals surface area contributed by atoms with Crippen LogP contribution < -0.4 is 4.74 Å². The molecule has 1 unspecified atom stereocenters. The zero-order valence-electron chi connectivity index (χ0n) is 13.3. The van der Waals surface area contributed by atoms with Gasteiger partial charge in [0.05, 0.1) is 17.1 Å². The number of hydrogen-bond donors (Lipinski definition) is 0. The number of ether oxygens (including phenoxy) is 1. The van der Waals surface area contributed by atoms with Crippen molar-refractivity contribution >= 4 is 48.6 Å². The lowest BCUT2D eigenvalue weighted by Crippen LogP contribution is -2.09. The van der Waals surface area contributed by atoms with E-state index in [-0.39, 0.29) is 5.78 Å². The summed E-state index contributed by atoms with van der Waals surface area (Å²) in [5.74, 6) is 1.45. The molecule has 5 heteroatoms. The van der Waals surface area contributed by atoms with Crippen molar-refractivity contribution in [3.05, 3.63) is 63.8 Å². The van der Waals surface area contributed by atoms with Gasteiger partial charge in [-0.25, -0.2) is 0 Å². The number of rotatable bonds is 5. The molecule has 3 rings (SSSR count). The molecule has 0 saturated heterocycles. The van der Waals surface area contributed by atoms with Crippen molar-refractivity contribution in [3.63, 3.8) is 0 Å². The molecule has 1 atom stereocenters. The topological polar surface area (TPSA) is 39.4 Å². The van der Waals surface area contributed by atoms with E-state index in [4.69, 9.17) is 9.15 Å². The maximum absolute atomic E-state index is 13.1. The molecule has 3 aromatic rings. The number of benzene rings is 2. The van der Waals surface area contributed by atoms with E-state index in [9.17, 15) is 4.79 Å². The van der Waals surface area contributed by atoms with E-state index < -0.39 is 4.83 Å². The minimum absolute atomic E-state index is 0.00568. The SMILES string of the molecule is CCc1oc2ccccc2c1C(=O)C(Br)c1ccc(OC)c(Br)c1. The molecule has 3 nitrogen and oxygen atoms in total. The highest BCUT2D eigenvalue weighted by Gasteiger charge is 2.26. The molecule has 0 bridgehead atoms. The zero-order chi connectivity index (χ0) is 17.3. The standard InChI is InChI=1S/C19H16Br2O3/c1-3-14-17(12-6-4-5-7-15(12)24-14)19(22)18(21)11-8-9-16(23-2)13(20)10-11/h4-10,18H,3H2,1-2H3. The third kappa shape index (κ3) is 3.03. The summed E-state index contributed by atoms with van der Waals surface area (Å²) in [5.41, 5.74) is 2.26. The smallest absolute Gasteiger partial charge is 0.185 e. The molecule has 0 aliphatic rings. The number of para-hydroxylation sites is 1. The molecular weight excluding hydrogens is 436 g/mol. The van der Waals surface area contributed by atoms with Gasteiger partial charge in [-0.05, 0) is 39.7 Å². The Morgan fingerprint density at radius 1 is 1.25 bits per heavy atom. The predicted octanol–water partition coefficient (Wildman–Crippen LogP) is 6.09. The van der Waals surface area contributed by atoms with Crippen molar-refractivity contribution in [2.45, 2.75) is 18.2 Å². The molecule has 0 aliphatic carbocycles. The van der Waals surface area contributed by atoms with E-state index in [1.807, 2.05) is 49.4 Å². The maximum Gasteiger partial charge on any atom is 0.185 e. The molecule has 124 valence electrons. The molecule has 0 saturated carbocycles. The minimum Gasteiger partial charge on any atom is -0.496 e. The van der Waals surface area contributed by atoms with E-state index >= 15 is 0 Å². The van der Waals surface area contributed by atoms with Gasteiger partial charge in [0.25, 0.3) is 0 Å². The number of aryl methyl sites for hydroxylation is 1. The van der Waals surface area contributed by atoms with Crippen molar-refractivity contribution in [2.24, 2.45) is 0 Å². The highest BCUT2D eigenvalue weighted by molar-refractivity contribution is 9.10. The number of fused-ring (bicyclic) bond motifs is 1. The highest BCUT2D eigenvalue weighted by atomic mass is 79.9. The summed E-state index contributed by atoms with van der Waals surface area (Å²) in [7, 11) is 1.61. The van der Waals surface area contributed by atoms with Gasteiger partial charge in [-0.15, -0.1) is 0 Å². The van der Waals surface area contributed by atoms with Crippen LogP contribution >= 0.6 is 31.9 Å². The van der Waals surface area contributed by atoms with Gasteiger partial charge in [-0.1, -0.05) is 47.1 Å². The lowest BCUT2D eigenvalue weighted by Gasteiger charge is -2.12. The Morgan fingerprint density at radius 2 is 2.00 bits per heavy atom. The summed E-state index contributed by atoms with van der Waals surface area (Å²) < 4.78 is 11.9. The van der Waals surface area contributed by atoms with Gasteiger partial charge in [-0.2, -0.15) is 0 Å². The number of hydrogen-bond acceptors (Lipinski definition) is 3. The van der Waals surface area contributed by atoms with E-state index in [1.165, 1.54) is 0 Å². The molecule has 24 heavy (non-hydrogen) atoms. The number of ketones is 1. The van der Waals surface area contributed by atoms with Crippen LogP contribution in [0.1, 0.15) is 33.4 Å². The van der Waals surface area contributed by atoms with Crippen LogP contribution in [-0.4, -0.2) is 12.9 Å². The second-order valence-corrected chi connectivity index (χ2v) is 7.14. The van der Waals surface area contributed by atoms with E-state index in [0.717, 1.165) is 32.5 Å². The zero-order valence-corrected chi connectivity index (χ0v) is 16.5. The number of carbonyl (C=O) groups is 1. The number of furan rings is 1. The fraction of sp³-hybridized carbons (Fsp3) is 0.211. The van der Waals surface area contributed by atoms with E-state index in [2.05, 4.69) is 31.9 Å². The number of halogens is 2. The van der Waals surface area contributed by atoms with Gasteiger partial charge in [0.15, 0.2) is 5.78 Å². The van der Waals surface area contributed by atoms with Gasteiger partial charge in [0, 0.05) is 11.8 Å². The molecule has 1 heterocycles. The molecule has 0 aliphatic heterocycles. The van der Waals surface area contributed by atoms with Gasteiger partial charge in [0.2, 0.25) is 0 Å². The van der Waals surface area contributed by atoms with E-state index in [0.29, 0.717) is 12.0 Å². The average Bonchev–Trinajstić information content (AvgIpc) is 2.98. The molecule has 0 fully saturated rings. The molecule has 0 amide bonds. The first-order valence-corrected chi connectivity index (χ1v) is 9.29. The maximum atomic E-state index is 13.1. The van der Waals surface area contributed by atoms with Gasteiger partial charge in [0.1, 0.15) is 21.9 Å². The Bertz CT molecular complexity index is 899. The van der Waals surface area contributed by atoms with Crippen LogP contribution in [0.15, 0.2) is 51.4 Å². The lowest BCUT2D eigenvalue weighted by molar-refractivity contribution is 0.0991. The number of alkyl halides is 1. The summed E-state index contributed by atoms with van der Waals surface area (Å²) >= 11 is 7.02. The number of carbonyl (C=O) groups excluding carboxylic acids is 1. The molecule has 0 N–H and O–H groups in total. The third-order valence-electron chi connectivity index (χ3n) is 3.93. The quantitative estimate of drug-likeness (QED) is 0.348. The number of methoxy groups -OCH3 is 1. The first kappa shape index (κ1) is 17.2. The lowest BCUT2D eigenvalue weighted by atomic mass is 9.99. The van der Waals surface area contributed by atoms with Crippen molar-refractivity contribution < 1.29 is 13.9 Å². The Labute approximate surface area is 157 Å². The fourth-order valence-corrected chi connectivity index (χ4v) is 3.81. The van der Waals surface area contributed by atoms with Crippen molar-refractivity contribution in [2.75, 3.05) is 7.11 Å². The number of Topliss-reactive ketones (excluding diaryl/α,β-unsaturated/α-hetero) is 1. The van der Waals surface area contributed by atoms with Crippen LogP contribution in [0.5, 0.6) is 5.75 Å². The monoisotopic (exact) mass is 450 g/mol. The fourth-order valence-electron chi connectivity index (χ4n) is 2.73. The summed E-state index contributed by atoms with van der Waals surface area (Å²) in [6.07, 6.45) is 0.668. The molecule has 0 spiro atoms. The van der Waals surface area contributed by atoms with Crippen LogP contribution in [0.2, 0.25) is 0 Å². The van der Waals surface area contributed by atoms with Crippen LogP contribution in [-0.2, 0) is 6.42 Å². The van der Waals surface area contributed by atoms with Crippen molar-refractivity contribution in [1.29, 1.82) is 0 Å². The first-order valence-electron chi connectivity index (χ1n) is 7.59. The molecule has 0 radical (unpaired) electrons. The highest BCUT2D eigenvalue weighted by Crippen LogP contribution is 2.36. The van der Waals surface area contributed by atoms with Crippen LogP contribution in [0.3, 0.4) is 0 Å². The van der Waals surface area contributed by atoms with Gasteiger partial charge in [-0.3, -0.25) is 4.79 Å². The minimum atomic E-state index is -0.453. The van der Waals surface area contributed by atoms with Crippen molar-refractivity contribution in [1.82, 2.24) is 0 Å². The van der Waals surface area contributed by atoms with Gasteiger partial charge < -0.3 is 9.15 Å². The Morgan fingerprint density at radius 3 is 2.67 bits per heavy atom. The van der Waals surface area contributed by atoms with Crippen LogP contribution in [0.25, 0.3) is 11.0 Å². The molecule has 2 aromatic carbocycles. The summed E-state index contributed by atoms with van der Waals surface area (Å²) in [4.78, 5) is 12.7. The Hall–Kier alpha value is -1.59. The van der Waals surface area contributed by atoms with Crippen LogP contribution in [0, 0.1) is 0 Å². The molecule has 1 aromatic heterocycles. The summed E-state index contributed by atoms with van der Waals surface area (Å²) in [6.45, 7) is 1.99.